The molecule has 0 bridgehead atoms. The van der Waals surface area contributed by atoms with Crippen LogP contribution < -0.4 is 0 Å². The van der Waals surface area contributed by atoms with Crippen LogP contribution in [0.4, 0.5) is 0 Å². The van der Waals surface area contributed by atoms with E-state index >= 15 is 0 Å². The Labute approximate surface area is 95.8 Å². The second-order valence-electron chi connectivity index (χ2n) is 3.32. The fourth-order valence-electron chi connectivity index (χ4n) is 0.967. The molecule has 0 saturated carbocycles. The minimum atomic E-state index is -3.47. The number of carbonyl (C=O) groups is 1. The van der Waals surface area contributed by atoms with Crippen LogP contribution in [0, 0.1) is 11.3 Å². The Morgan fingerprint density at radius 2 is 2.12 bits per heavy atom. The highest BCUT2D eigenvalue weighted by atomic mass is 32.2. The van der Waals surface area contributed by atoms with Crippen molar-refractivity contribution in [3.8, 4) is 6.07 Å². The molecular formula is C9H16N2O4S. The molecule has 0 aromatic rings. The van der Waals surface area contributed by atoms with Crippen LogP contribution in [0.3, 0.4) is 0 Å². The monoisotopic (exact) mass is 248 g/mol. The molecule has 0 radical (unpaired) electrons. The number of rotatable bonds is 6. The van der Waals surface area contributed by atoms with Crippen LogP contribution in [0.5, 0.6) is 0 Å². The Morgan fingerprint density at radius 1 is 1.56 bits per heavy atom. The zero-order valence-electron chi connectivity index (χ0n) is 9.63. The molecule has 0 aliphatic heterocycles. The third kappa shape index (κ3) is 4.59. The average molecular weight is 248 g/mol. The first-order valence-corrected chi connectivity index (χ1v) is 6.38. The summed E-state index contributed by atoms with van der Waals surface area (Å²) in [7, 11) is -0.873. The maximum absolute atomic E-state index is 11.6. The van der Waals surface area contributed by atoms with E-state index in [2.05, 4.69) is 4.74 Å². The lowest BCUT2D eigenvalue weighted by Crippen LogP contribution is -2.35. The number of sulfonamides is 1. The van der Waals surface area contributed by atoms with Crippen LogP contribution in [0.25, 0.3) is 0 Å². The number of methoxy groups -OCH3 is 1. The van der Waals surface area contributed by atoms with Gasteiger partial charge in [0.1, 0.15) is 6.04 Å². The van der Waals surface area contributed by atoms with Crippen molar-refractivity contribution in [3.63, 3.8) is 0 Å². The standard InChI is InChI=1S/C9H16N2O4S/c1-8(7-10)11(2)16(13,14)6-4-5-9(12)15-3/h8H,4-6H2,1-3H3. The van der Waals surface area contributed by atoms with Gasteiger partial charge in [0.2, 0.25) is 10.0 Å². The maximum Gasteiger partial charge on any atom is 0.305 e. The molecular weight excluding hydrogens is 232 g/mol. The lowest BCUT2D eigenvalue weighted by Gasteiger charge is -2.18. The number of hydrogen-bond donors (Lipinski definition) is 0. The number of ether oxygens (including phenoxy) is 1. The highest BCUT2D eigenvalue weighted by molar-refractivity contribution is 7.89. The minimum Gasteiger partial charge on any atom is -0.469 e. The molecule has 0 N–H and O–H groups in total. The summed E-state index contributed by atoms with van der Waals surface area (Å²) in [5.41, 5.74) is 0. The Hall–Kier alpha value is -1.13. The number of hydrogen-bond acceptors (Lipinski definition) is 5. The number of carbonyl (C=O) groups excluding carboxylic acids is 1. The van der Waals surface area contributed by atoms with Crippen molar-refractivity contribution < 1.29 is 17.9 Å². The van der Waals surface area contributed by atoms with Crippen molar-refractivity contribution in [2.45, 2.75) is 25.8 Å². The van der Waals surface area contributed by atoms with E-state index in [0.29, 0.717) is 0 Å². The fraction of sp³-hybridized carbons (Fsp3) is 0.778. The van der Waals surface area contributed by atoms with Crippen molar-refractivity contribution in [3.05, 3.63) is 0 Å². The van der Waals surface area contributed by atoms with Gasteiger partial charge in [0.25, 0.3) is 0 Å². The van der Waals surface area contributed by atoms with Crippen LogP contribution in [0.15, 0.2) is 0 Å². The van der Waals surface area contributed by atoms with Gasteiger partial charge in [0.05, 0.1) is 18.9 Å². The van der Waals surface area contributed by atoms with Gasteiger partial charge in [-0.05, 0) is 13.3 Å². The first-order chi connectivity index (χ1) is 7.35. The SMILES string of the molecule is COC(=O)CCCS(=O)(=O)N(C)C(C)C#N. The van der Waals surface area contributed by atoms with Gasteiger partial charge >= 0.3 is 5.97 Å². The second-order valence-corrected chi connectivity index (χ2v) is 5.47. The average Bonchev–Trinajstić information content (AvgIpc) is 2.26. The molecule has 1 atom stereocenters. The Bertz CT molecular complexity index is 371. The predicted octanol–water partition coefficient (Wildman–Crippen LogP) is 0.113. The Balaban J connectivity index is 4.27. The van der Waals surface area contributed by atoms with Crippen molar-refractivity contribution in [1.29, 1.82) is 5.26 Å². The van der Waals surface area contributed by atoms with E-state index in [1.807, 2.05) is 6.07 Å². The van der Waals surface area contributed by atoms with Gasteiger partial charge in [-0.2, -0.15) is 9.57 Å². The molecule has 0 spiro atoms. The topological polar surface area (TPSA) is 87.5 Å². The summed E-state index contributed by atoms with van der Waals surface area (Å²) in [4.78, 5) is 10.8. The third-order valence-electron chi connectivity index (χ3n) is 2.18. The highest BCUT2D eigenvalue weighted by Gasteiger charge is 2.22. The zero-order valence-corrected chi connectivity index (χ0v) is 10.5. The van der Waals surface area contributed by atoms with Crippen molar-refractivity contribution in [2.24, 2.45) is 0 Å². The lowest BCUT2D eigenvalue weighted by molar-refractivity contribution is -0.140. The summed E-state index contributed by atoms with van der Waals surface area (Å²) in [5, 5.41) is 8.59. The molecule has 0 rings (SSSR count). The highest BCUT2D eigenvalue weighted by Crippen LogP contribution is 2.06. The number of nitriles is 1. The smallest absolute Gasteiger partial charge is 0.305 e. The van der Waals surface area contributed by atoms with E-state index < -0.39 is 22.0 Å². The summed E-state index contributed by atoms with van der Waals surface area (Å²) in [5.74, 6) is -0.601. The van der Waals surface area contributed by atoms with E-state index in [0.717, 1.165) is 4.31 Å². The molecule has 0 aliphatic rings. The summed E-state index contributed by atoms with van der Waals surface area (Å²) in [6.07, 6.45) is 0.252. The van der Waals surface area contributed by atoms with Gasteiger partial charge in [0, 0.05) is 13.5 Å². The van der Waals surface area contributed by atoms with Gasteiger partial charge in [-0.25, -0.2) is 8.42 Å². The van der Waals surface area contributed by atoms with Crippen LogP contribution in [-0.4, -0.2) is 44.6 Å². The van der Waals surface area contributed by atoms with Crippen LogP contribution in [-0.2, 0) is 19.6 Å². The van der Waals surface area contributed by atoms with Crippen LogP contribution >= 0.6 is 0 Å². The molecule has 0 aliphatic carbocycles. The van der Waals surface area contributed by atoms with Crippen molar-refractivity contribution in [2.75, 3.05) is 19.9 Å². The summed E-state index contributed by atoms with van der Waals surface area (Å²) < 4.78 is 28.6. The molecule has 0 fully saturated rings. The minimum absolute atomic E-state index is 0.0600. The van der Waals surface area contributed by atoms with Gasteiger partial charge in [-0.1, -0.05) is 0 Å². The van der Waals surface area contributed by atoms with E-state index in [9.17, 15) is 13.2 Å². The Morgan fingerprint density at radius 3 is 2.56 bits per heavy atom. The van der Waals surface area contributed by atoms with Gasteiger partial charge in [-0.3, -0.25) is 4.79 Å². The zero-order chi connectivity index (χ0) is 12.8. The summed E-state index contributed by atoms with van der Waals surface area (Å²) >= 11 is 0. The van der Waals surface area contributed by atoms with Gasteiger partial charge in [-0.15, -0.1) is 0 Å². The second kappa shape index (κ2) is 6.45. The van der Waals surface area contributed by atoms with E-state index in [-0.39, 0.29) is 18.6 Å². The van der Waals surface area contributed by atoms with Gasteiger partial charge < -0.3 is 4.74 Å². The molecule has 6 nitrogen and oxygen atoms in total. The van der Waals surface area contributed by atoms with E-state index in [1.165, 1.54) is 21.1 Å². The van der Waals surface area contributed by atoms with E-state index in [4.69, 9.17) is 5.26 Å². The normalized spacial score (nSPS) is 13.2. The maximum atomic E-state index is 11.6. The Kier molecular flexibility index (Phi) is 6.00. The predicted molar refractivity (Wildman–Crippen MR) is 57.9 cm³/mol. The number of nitrogens with zero attached hydrogens (tertiary/aromatic N) is 2. The number of esters is 1. The fourth-order valence-corrected chi connectivity index (χ4v) is 2.29. The molecule has 16 heavy (non-hydrogen) atoms. The van der Waals surface area contributed by atoms with Crippen LogP contribution in [0.1, 0.15) is 19.8 Å². The van der Waals surface area contributed by atoms with E-state index in [1.54, 1.807) is 0 Å². The molecule has 0 amide bonds. The lowest BCUT2D eigenvalue weighted by atomic mass is 10.3. The van der Waals surface area contributed by atoms with Crippen molar-refractivity contribution in [1.82, 2.24) is 4.31 Å². The molecule has 0 heterocycles. The molecule has 0 aromatic carbocycles. The first-order valence-electron chi connectivity index (χ1n) is 4.77. The third-order valence-corrected chi connectivity index (χ3v) is 4.18. The summed E-state index contributed by atoms with van der Waals surface area (Å²) in [6.45, 7) is 1.50. The van der Waals surface area contributed by atoms with Gasteiger partial charge in [0.15, 0.2) is 0 Å². The molecule has 1 unspecified atom stereocenters. The molecule has 0 saturated heterocycles. The first kappa shape index (κ1) is 14.9. The summed E-state index contributed by atoms with van der Waals surface area (Å²) in [6, 6.07) is 1.13. The quantitative estimate of drug-likeness (QED) is 0.623. The molecule has 92 valence electrons. The van der Waals surface area contributed by atoms with Crippen molar-refractivity contribution >= 4 is 16.0 Å². The largest absolute Gasteiger partial charge is 0.469 e. The molecule has 0 aromatic heterocycles. The van der Waals surface area contributed by atoms with Crippen LogP contribution in [0.2, 0.25) is 0 Å². The molecule has 7 heteroatoms.